The highest BCUT2D eigenvalue weighted by molar-refractivity contribution is 5.94. The second kappa shape index (κ2) is 6.68. The van der Waals surface area contributed by atoms with Crippen LogP contribution in [0.4, 0.5) is 11.4 Å². The number of esters is 2. The third kappa shape index (κ3) is 3.27. The van der Waals surface area contributed by atoms with Gasteiger partial charge in [-0.25, -0.2) is 0 Å². The molecule has 0 aromatic heterocycles. The van der Waals surface area contributed by atoms with Gasteiger partial charge in [-0.05, 0) is 43.0 Å². The third-order valence-electron chi connectivity index (χ3n) is 5.59. The van der Waals surface area contributed by atoms with E-state index in [2.05, 4.69) is 10.6 Å². The van der Waals surface area contributed by atoms with E-state index in [1.165, 1.54) is 6.92 Å². The Balaban J connectivity index is 1.29. The zero-order chi connectivity index (χ0) is 19.1. The standard InChI is InChI=1S/C19H20N2O6/c1-9(22)20-11-2-4-12(5-3-11)21-15(23)8-26-18(24)16-10-6-13-14(7-10)27-19(25)17(13)16/h2-5,10,13-14,16-17H,6-8H2,1H3,(H,20,22)(H,21,23)/t10-,13+,14-,16-,17-/m1/s1. The van der Waals surface area contributed by atoms with Crippen LogP contribution < -0.4 is 10.6 Å². The van der Waals surface area contributed by atoms with E-state index in [0.717, 1.165) is 6.42 Å². The number of fused-ring (bicyclic) bond motifs is 1. The van der Waals surface area contributed by atoms with Crippen LogP contribution >= 0.6 is 0 Å². The molecule has 27 heavy (non-hydrogen) atoms. The molecule has 0 radical (unpaired) electrons. The van der Waals surface area contributed by atoms with E-state index in [1.807, 2.05) is 0 Å². The molecular formula is C19H20N2O6. The molecule has 1 saturated heterocycles. The molecule has 2 N–H and O–H groups in total. The predicted octanol–water partition coefficient (Wildman–Crippen LogP) is 1.32. The van der Waals surface area contributed by atoms with Crippen molar-refractivity contribution in [3.8, 4) is 0 Å². The first-order valence-corrected chi connectivity index (χ1v) is 8.97. The number of benzene rings is 1. The molecule has 8 heteroatoms. The Labute approximate surface area is 155 Å². The molecule has 4 rings (SSSR count). The average molecular weight is 372 g/mol. The van der Waals surface area contributed by atoms with Crippen molar-refractivity contribution in [2.75, 3.05) is 17.2 Å². The predicted molar refractivity (Wildman–Crippen MR) is 93.4 cm³/mol. The molecule has 8 nitrogen and oxygen atoms in total. The third-order valence-corrected chi connectivity index (χ3v) is 5.59. The topological polar surface area (TPSA) is 111 Å². The monoisotopic (exact) mass is 372 g/mol. The van der Waals surface area contributed by atoms with Crippen molar-refractivity contribution in [3.63, 3.8) is 0 Å². The van der Waals surface area contributed by atoms with Gasteiger partial charge in [-0.3, -0.25) is 19.2 Å². The van der Waals surface area contributed by atoms with Crippen molar-refractivity contribution < 1.29 is 28.7 Å². The Morgan fingerprint density at radius 2 is 1.78 bits per heavy atom. The summed E-state index contributed by atoms with van der Waals surface area (Å²) < 4.78 is 10.5. The molecule has 2 aliphatic carbocycles. The number of carbonyl (C=O) groups is 4. The Bertz CT molecular complexity index is 803. The zero-order valence-electron chi connectivity index (χ0n) is 14.8. The molecule has 1 aliphatic heterocycles. The van der Waals surface area contributed by atoms with Gasteiger partial charge in [0.25, 0.3) is 5.91 Å². The van der Waals surface area contributed by atoms with Gasteiger partial charge in [-0.1, -0.05) is 0 Å². The average Bonchev–Trinajstić information content (AvgIpc) is 3.23. The molecule has 3 fully saturated rings. The number of amides is 2. The Hall–Kier alpha value is -2.90. The van der Waals surface area contributed by atoms with Gasteiger partial charge in [0.05, 0.1) is 11.8 Å². The fourth-order valence-corrected chi connectivity index (χ4v) is 4.60. The summed E-state index contributed by atoms with van der Waals surface area (Å²) in [6, 6.07) is 6.58. The minimum Gasteiger partial charge on any atom is -0.462 e. The van der Waals surface area contributed by atoms with Gasteiger partial charge in [-0.15, -0.1) is 0 Å². The smallest absolute Gasteiger partial charge is 0.310 e. The molecule has 2 saturated carbocycles. The van der Waals surface area contributed by atoms with E-state index >= 15 is 0 Å². The molecule has 3 aliphatic rings. The van der Waals surface area contributed by atoms with Crippen molar-refractivity contribution in [2.24, 2.45) is 23.7 Å². The van der Waals surface area contributed by atoms with Gasteiger partial charge >= 0.3 is 11.9 Å². The fraction of sp³-hybridized carbons (Fsp3) is 0.474. The first-order chi connectivity index (χ1) is 12.9. The second-order valence-electron chi connectivity index (χ2n) is 7.34. The van der Waals surface area contributed by atoms with Gasteiger partial charge < -0.3 is 20.1 Å². The molecule has 1 heterocycles. The van der Waals surface area contributed by atoms with E-state index < -0.39 is 30.3 Å². The minimum absolute atomic E-state index is 0.0414. The van der Waals surface area contributed by atoms with Gasteiger partial charge in [-0.2, -0.15) is 0 Å². The van der Waals surface area contributed by atoms with Crippen molar-refractivity contribution >= 4 is 35.1 Å². The molecule has 2 bridgehead atoms. The summed E-state index contributed by atoms with van der Waals surface area (Å²) in [5.74, 6) is -2.14. The first kappa shape index (κ1) is 17.5. The van der Waals surface area contributed by atoms with Gasteiger partial charge in [0.2, 0.25) is 5.91 Å². The summed E-state index contributed by atoms with van der Waals surface area (Å²) in [6.07, 6.45) is 1.48. The molecular weight excluding hydrogens is 352 g/mol. The van der Waals surface area contributed by atoms with Crippen molar-refractivity contribution in [2.45, 2.75) is 25.9 Å². The van der Waals surface area contributed by atoms with E-state index in [-0.39, 0.29) is 29.8 Å². The number of nitrogens with one attached hydrogen (secondary N) is 2. The molecule has 0 spiro atoms. The van der Waals surface area contributed by atoms with Gasteiger partial charge in [0.15, 0.2) is 6.61 Å². The highest BCUT2D eigenvalue weighted by atomic mass is 16.6. The van der Waals surface area contributed by atoms with Crippen LogP contribution in [0.5, 0.6) is 0 Å². The Kier molecular flexibility index (Phi) is 4.33. The zero-order valence-corrected chi connectivity index (χ0v) is 14.8. The normalized spacial score (nSPS) is 30.0. The summed E-state index contributed by atoms with van der Waals surface area (Å²) in [5, 5.41) is 5.25. The summed E-state index contributed by atoms with van der Waals surface area (Å²) in [7, 11) is 0. The van der Waals surface area contributed by atoms with Crippen LogP contribution in [0.1, 0.15) is 19.8 Å². The van der Waals surface area contributed by atoms with Crippen LogP contribution in [0, 0.1) is 23.7 Å². The van der Waals surface area contributed by atoms with Crippen LogP contribution in [-0.2, 0) is 28.7 Å². The highest BCUT2D eigenvalue weighted by Gasteiger charge is 2.64. The minimum atomic E-state index is -0.499. The molecule has 1 aromatic carbocycles. The van der Waals surface area contributed by atoms with E-state index in [1.54, 1.807) is 24.3 Å². The summed E-state index contributed by atoms with van der Waals surface area (Å²) in [5.41, 5.74) is 1.14. The Morgan fingerprint density at radius 1 is 1.11 bits per heavy atom. The van der Waals surface area contributed by atoms with Gasteiger partial charge in [0.1, 0.15) is 6.10 Å². The Morgan fingerprint density at radius 3 is 2.44 bits per heavy atom. The second-order valence-corrected chi connectivity index (χ2v) is 7.34. The lowest BCUT2D eigenvalue weighted by atomic mass is 9.80. The maximum atomic E-state index is 12.4. The molecule has 2 amide bonds. The van der Waals surface area contributed by atoms with Crippen molar-refractivity contribution in [1.29, 1.82) is 0 Å². The summed E-state index contributed by atoms with van der Waals surface area (Å²) >= 11 is 0. The number of rotatable bonds is 5. The largest absolute Gasteiger partial charge is 0.462 e. The quantitative estimate of drug-likeness (QED) is 0.755. The highest BCUT2D eigenvalue weighted by Crippen LogP contribution is 2.57. The number of ether oxygens (including phenoxy) is 2. The maximum absolute atomic E-state index is 12.4. The van der Waals surface area contributed by atoms with Crippen molar-refractivity contribution in [1.82, 2.24) is 0 Å². The van der Waals surface area contributed by atoms with Gasteiger partial charge in [0, 0.05) is 24.2 Å². The van der Waals surface area contributed by atoms with Crippen LogP contribution in [0.15, 0.2) is 24.3 Å². The fourth-order valence-electron chi connectivity index (χ4n) is 4.60. The lowest BCUT2D eigenvalue weighted by molar-refractivity contribution is -0.157. The lowest BCUT2D eigenvalue weighted by Crippen LogP contribution is -2.34. The van der Waals surface area contributed by atoms with E-state index in [0.29, 0.717) is 17.8 Å². The SMILES string of the molecule is CC(=O)Nc1ccc(NC(=O)COC(=O)[C@@H]2[C@@H]3C[C@@H]4[C@H]2C(=O)O[C@@H]4C3)cc1. The van der Waals surface area contributed by atoms with Crippen LogP contribution in [0.3, 0.4) is 0 Å². The van der Waals surface area contributed by atoms with Crippen LogP contribution in [-0.4, -0.2) is 36.5 Å². The van der Waals surface area contributed by atoms with E-state index in [4.69, 9.17) is 9.47 Å². The molecule has 1 aromatic rings. The van der Waals surface area contributed by atoms with Crippen molar-refractivity contribution in [3.05, 3.63) is 24.3 Å². The molecule has 0 unspecified atom stereocenters. The summed E-state index contributed by atoms with van der Waals surface area (Å²) in [4.78, 5) is 47.4. The lowest BCUT2D eigenvalue weighted by Gasteiger charge is -2.22. The summed E-state index contributed by atoms with van der Waals surface area (Å²) in [6.45, 7) is 0.997. The number of anilines is 2. The van der Waals surface area contributed by atoms with Crippen LogP contribution in [0.2, 0.25) is 0 Å². The van der Waals surface area contributed by atoms with Crippen LogP contribution in [0.25, 0.3) is 0 Å². The number of hydrogen-bond donors (Lipinski definition) is 2. The maximum Gasteiger partial charge on any atom is 0.310 e. The number of carbonyl (C=O) groups excluding carboxylic acids is 4. The molecule has 142 valence electrons. The first-order valence-electron chi connectivity index (χ1n) is 8.97. The molecule has 5 atom stereocenters. The number of hydrogen-bond acceptors (Lipinski definition) is 6. The van der Waals surface area contributed by atoms with E-state index in [9.17, 15) is 19.2 Å².